The van der Waals surface area contributed by atoms with Gasteiger partial charge in [0.05, 0.1) is 22.6 Å². The summed E-state index contributed by atoms with van der Waals surface area (Å²) in [6, 6.07) is 23.1. The summed E-state index contributed by atoms with van der Waals surface area (Å²) in [5.41, 5.74) is 3.32. The van der Waals surface area contributed by atoms with Crippen molar-refractivity contribution in [1.29, 1.82) is 0 Å². The van der Waals surface area contributed by atoms with E-state index in [1.165, 1.54) is 5.56 Å². The van der Waals surface area contributed by atoms with E-state index in [2.05, 4.69) is 65.5 Å². The van der Waals surface area contributed by atoms with Gasteiger partial charge in [0.25, 0.3) is 0 Å². The number of carbonyl (C=O) groups is 1. The van der Waals surface area contributed by atoms with Crippen LogP contribution >= 0.6 is 23.7 Å². The van der Waals surface area contributed by atoms with Crippen molar-refractivity contribution in [3.63, 3.8) is 0 Å². The number of thioether (sulfide) groups is 1. The topological polar surface area (TPSA) is 82.5 Å². The summed E-state index contributed by atoms with van der Waals surface area (Å²) in [6.45, 7) is 5.78. The zero-order chi connectivity index (χ0) is 30.8. The van der Waals surface area contributed by atoms with Crippen molar-refractivity contribution in [2.24, 2.45) is 0 Å². The smallest absolute Gasteiger partial charge is 0.336 e. The molecular weight excluding hydrogens is 581 g/mol. The number of unbranched alkanes of at least 4 members (excludes halogenated alkanes) is 2. The molecule has 0 fully saturated rings. The number of hydrogen-bond donors (Lipinski definition) is 2. The Morgan fingerprint density at radius 3 is 2.30 bits per heavy atom. The van der Waals surface area contributed by atoms with Gasteiger partial charge in [0, 0.05) is 24.3 Å². The molecule has 43 heavy (non-hydrogen) atoms. The Morgan fingerprint density at radius 2 is 1.72 bits per heavy atom. The minimum Gasteiger partial charge on any atom is -0.497 e. The van der Waals surface area contributed by atoms with Gasteiger partial charge < -0.3 is 24.6 Å². The number of fused-ring (bicyclic) bond motifs is 1. The van der Waals surface area contributed by atoms with E-state index in [1.807, 2.05) is 30.5 Å². The minimum absolute atomic E-state index is 0.120. The van der Waals surface area contributed by atoms with Crippen molar-refractivity contribution in [2.45, 2.75) is 80.4 Å². The van der Waals surface area contributed by atoms with Crippen LogP contribution < -0.4 is 14.4 Å². The summed E-state index contributed by atoms with van der Waals surface area (Å²) in [7, 11) is 1.69. The summed E-state index contributed by atoms with van der Waals surface area (Å²) in [6.07, 6.45) is 7.01. The number of anilines is 2. The van der Waals surface area contributed by atoms with Gasteiger partial charge in [0.15, 0.2) is 6.10 Å². The van der Waals surface area contributed by atoms with Gasteiger partial charge in [-0.1, -0.05) is 69.9 Å². The van der Waals surface area contributed by atoms with Crippen LogP contribution in [0.2, 0.25) is 0 Å². The number of carboxylic acids is 1. The standard InChI is InChI=1S/C34H44N2O5S2/c1-5-7-18-34(19-8-6-2)24-35(26-12-10-9-11-13-26)28-20-32(42-4)30(41-23-29(37)33(38)39)21-31(28)43-36(34)22-25-14-16-27(40-3)17-15-25/h9-17,20-21,29,37H,5-8,18-19,22-24H2,1-4H3,(H,38,39). The number of ether oxygens (including phenoxy) is 2. The number of benzene rings is 3. The minimum atomic E-state index is -1.59. The molecule has 3 aromatic carbocycles. The molecule has 2 N–H and O–H groups in total. The summed E-state index contributed by atoms with van der Waals surface area (Å²) in [4.78, 5) is 15.7. The molecule has 0 spiro atoms. The van der Waals surface area contributed by atoms with E-state index in [1.54, 1.807) is 30.8 Å². The van der Waals surface area contributed by atoms with Crippen molar-refractivity contribution in [1.82, 2.24) is 4.31 Å². The first kappa shape index (κ1) is 33.1. The normalized spacial score (nSPS) is 15.4. The Balaban J connectivity index is 1.87. The van der Waals surface area contributed by atoms with Gasteiger partial charge in [-0.2, -0.15) is 0 Å². The first-order valence-corrected chi connectivity index (χ1v) is 17.0. The van der Waals surface area contributed by atoms with Crippen LogP contribution in [0.5, 0.6) is 11.5 Å². The molecule has 0 saturated heterocycles. The molecule has 4 rings (SSSR count). The van der Waals surface area contributed by atoms with Gasteiger partial charge in [-0.15, -0.1) is 11.8 Å². The van der Waals surface area contributed by atoms with Crippen LogP contribution in [-0.2, 0) is 11.3 Å². The highest BCUT2D eigenvalue weighted by molar-refractivity contribution is 7.98. The lowest BCUT2D eigenvalue weighted by Crippen LogP contribution is -2.51. The van der Waals surface area contributed by atoms with Gasteiger partial charge in [0.2, 0.25) is 0 Å². The third kappa shape index (κ3) is 8.20. The molecule has 1 atom stereocenters. The molecule has 1 aliphatic heterocycles. The van der Waals surface area contributed by atoms with Crippen LogP contribution in [0.25, 0.3) is 0 Å². The molecule has 0 amide bonds. The highest BCUT2D eigenvalue weighted by Gasteiger charge is 2.42. The number of aliphatic hydroxyl groups excluding tert-OH is 1. The predicted octanol–water partition coefficient (Wildman–Crippen LogP) is 8.02. The van der Waals surface area contributed by atoms with E-state index in [0.717, 1.165) is 78.5 Å². The molecule has 1 aliphatic rings. The van der Waals surface area contributed by atoms with Crippen molar-refractivity contribution < 1.29 is 24.5 Å². The second-order valence-corrected chi connectivity index (χ2v) is 12.9. The number of rotatable bonds is 15. The molecule has 1 heterocycles. The molecule has 7 nitrogen and oxygen atoms in total. The van der Waals surface area contributed by atoms with E-state index in [0.29, 0.717) is 5.75 Å². The number of aliphatic carboxylic acids is 1. The maximum atomic E-state index is 11.3. The number of para-hydroxylation sites is 1. The van der Waals surface area contributed by atoms with Gasteiger partial charge in [0.1, 0.15) is 18.1 Å². The van der Waals surface area contributed by atoms with Crippen molar-refractivity contribution >= 4 is 41.1 Å². The van der Waals surface area contributed by atoms with Crippen LogP contribution in [0.1, 0.15) is 57.9 Å². The number of hydrogen-bond acceptors (Lipinski definition) is 8. The fraction of sp³-hybridized carbons (Fsp3) is 0.441. The third-order valence-electron chi connectivity index (χ3n) is 7.95. The van der Waals surface area contributed by atoms with Crippen LogP contribution in [0.4, 0.5) is 11.4 Å². The monoisotopic (exact) mass is 624 g/mol. The lowest BCUT2D eigenvalue weighted by molar-refractivity contribution is -0.148. The lowest BCUT2D eigenvalue weighted by atomic mass is 9.85. The van der Waals surface area contributed by atoms with E-state index in [4.69, 9.17) is 9.47 Å². The first-order valence-electron chi connectivity index (χ1n) is 15.0. The van der Waals surface area contributed by atoms with Gasteiger partial charge in [-0.05, 0) is 73.0 Å². The van der Waals surface area contributed by atoms with Crippen LogP contribution in [0.15, 0.2) is 76.5 Å². The summed E-state index contributed by atoms with van der Waals surface area (Å²) < 4.78 is 14.0. The average Bonchev–Trinajstić information content (AvgIpc) is 3.16. The molecular formula is C34H44N2O5S2. The van der Waals surface area contributed by atoms with Gasteiger partial charge >= 0.3 is 5.97 Å². The van der Waals surface area contributed by atoms with E-state index < -0.39 is 12.1 Å². The van der Waals surface area contributed by atoms with Gasteiger partial charge in [-0.25, -0.2) is 9.10 Å². The SMILES string of the molecule is CCCCC1(CCCC)CN(c2ccccc2)c2cc(SC)c(OCC(O)C(=O)O)cc2SN1Cc1ccc(OC)cc1. The predicted molar refractivity (Wildman–Crippen MR) is 177 cm³/mol. The first-order chi connectivity index (χ1) is 20.8. The molecule has 0 radical (unpaired) electrons. The Bertz CT molecular complexity index is 1310. The number of aliphatic hydroxyl groups is 1. The molecule has 232 valence electrons. The zero-order valence-electron chi connectivity index (χ0n) is 25.6. The molecule has 0 saturated carbocycles. The molecule has 3 aromatic rings. The number of nitrogens with zero attached hydrogens (tertiary/aromatic N) is 2. The highest BCUT2D eigenvalue weighted by atomic mass is 32.2. The Morgan fingerprint density at radius 1 is 1.05 bits per heavy atom. The second kappa shape index (κ2) is 15.7. The number of methoxy groups -OCH3 is 1. The molecule has 9 heteroatoms. The maximum Gasteiger partial charge on any atom is 0.336 e. The zero-order valence-corrected chi connectivity index (χ0v) is 27.3. The Hall–Kier alpha value is -2.85. The Kier molecular flexibility index (Phi) is 12.1. The molecule has 1 unspecified atom stereocenters. The molecule has 0 aromatic heterocycles. The average molecular weight is 625 g/mol. The second-order valence-electron chi connectivity index (χ2n) is 11.0. The van der Waals surface area contributed by atoms with Crippen LogP contribution in [-0.4, -0.2) is 58.6 Å². The highest BCUT2D eigenvalue weighted by Crippen LogP contribution is 2.50. The van der Waals surface area contributed by atoms with E-state index >= 15 is 0 Å². The largest absolute Gasteiger partial charge is 0.497 e. The van der Waals surface area contributed by atoms with E-state index in [9.17, 15) is 15.0 Å². The fourth-order valence-corrected chi connectivity index (χ4v) is 7.34. The van der Waals surface area contributed by atoms with Gasteiger partial charge in [-0.3, -0.25) is 0 Å². The quantitative estimate of drug-likeness (QED) is 0.129. The summed E-state index contributed by atoms with van der Waals surface area (Å²) in [5.74, 6) is 0.115. The fourth-order valence-electron chi connectivity index (χ4n) is 5.48. The van der Waals surface area contributed by atoms with Crippen molar-refractivity contribution in [3.8, 4) is 11.5 Å². The maximum absolute atomic E-state index is 11.3. The van der Waals surface area contributed by atoms with E-state index in [-0.39, 0.29) is 12.1 Å². The Labute approximate surface area is 264 Å². The summed E-state index contributed by atoms with van der Waals surface area (Å²) in [5, 5.41) is 19.2. The summed E-state index contributed by atoms with van der Waals surface area (Å²) >= 11 is 3.31. The van der Waals surface area contributed by atoms with Crippen molar-refractivity contribution in [2.75, 3.05) is 31.4 Å². The molecule has 0 aliphatic carbocycles. The molecule has 0 bridgehead atoms. The van der Waals surface area contributed by atoms with Crippen LogP contribution in [0.3, 0.4) is 0 Å². The lowest BCUT2D eigenvalue weighted by Gasteiger charge is -2.44. The van der Waals surface area contributed by atoms with Crippen LogP contribution in [0, 0.1) is 0 Å². The third-order valence-corrected chi connectivity index (χ3v) is 9.97. The van der Waals surface area contributed by atoms with Crippen molar-refractivity contribution in [3.05, 3.63) is 72.3 Å². The number of carboxylic acid groups (broad SMARTS) is 1.